The van der Waals surface area contributed by atoms with Gasteiger partial charge in [-0.05, 0) is 60.9 Å². The number of hydrogen-bond acceptors (Lipinski definition) is 9. The average molecular weight is 561 g/mol. The smallest absolute Gasteiger partial charge is 0.301 e. The van der Waals surface area contributed by atoms with Gasteiger partial charge in [0, 0.05) is 5.56 Å². The van der Waals surface area contributed by atoms with E-state index in [4.69, 9.17) is 23.9 Å². The lowest BCUT2D eigenvalue weighted by molar-refractivity contribution is -0.132. The second-order valence-corrected chi connectivity index (χ2v) is 10.3. The Labute approximate surface area is 235 Å². The molecule has 1 N–H and O–H groups in total. The predicted octanol–water partition coefficient (Wildman–Crippen LogP) is 5.57. The monoisotopic (exact) mass is 560 g/mol. The molecule has 0 spiro atoms. The fourth-order valence-corrected chi connectivity index (χ4v) is 6.16. The molecule has 10 heteroatoms. The Bertz CT molecular complexity index is 1670. The van der Waals surface area contributed by atoms with Gasteiger partial charge in [-0.2, -0.15) is 0 Å². The Balaban J connectivity index is 1.80. The number of carbonyl (C=O) groups excluding carboxylic acids is 2. The number of ether oxygens (including phenoxy) is 4. The second kappa shape index (κ2) is 10.5. The summed E-state index contributed by atoms with van der Waals surface area (Å²) in [5.74, 6) is -0.488. The van der Waals surface area contributed by atoms with Crippen LogP contribution in [-0.4, -0.2) is 50.2 Å². The fraction of sp³-hybridized carbons (Fsp3) is 0.233. The number of ketones is 1. The van der Waals surface area contributed by atoms with Gasteiger partial charge in [-0.15, -0.1) is 0 Å². The van der Waals surface area contributed by atoms with E-state index in [9.17, 15) is 14.7 Å². The van der Waals surface area contributed by atoms with Crippen LogP contribution in [0.15, 0.2) is 54.1 Å². The Hall–Kier alpha value is -4.57. The van der Waals surface area contributed by atoms with Crippen molar-refractivity contribution in [2.24, 2.45) is 0 Å². The highest BCUT2D eigenvalue weighted by atomic mass is 32.1. The average Bonchev–Trinajstić information content (AvgIpc) is 3.50. The van der Waals surface area contributed by atoms with Crippen LogP contribution in [0.1, 0.15) is 28.3 Å². The fourth-order valence-electron chi connectivity index (χ4n) is 4.99. The van der Waals surface area contributed by atoms with Crippen LogP contribution in [0, 0.1) is 13.8 Å². The summed E-state index contributed by atoms with van der Waals surface area (Å²) < 4.78 is 22.8. The molecule has 9 nitrogen and oxygen atoms in total. The Kier molecular flexibility index (Phi) is 7.12. The summed E-state index contributed by atoms with van der Waals surface area (Å²) in [7, 11) is 5.95. The Morgan fingerprint density at radius 1 is 0.925 bits per heavy atom. The van der Waals surface area contributed by atoms with E-state index in [1.54, 1.807) is 36.4 Å². The van der Waals surface area contributed by atoms with Crippen molar-refractivity contribution >= 4 is 44.1 Å². The highest BCUT2D eigenvalue weighted by Gasteiger charge is 2.48. The van der Waals surface area contributed by atoms with Gasteiger partial charge in [0.1, 0.15) is 11.5 Å². The number of aromatic nitrogens is 1. The third-order valence-corrected chi connectivity index (χ3v) is 7.82. The lowest BCUT2D eigenvalue weighted by Crippen LogP contribution is -2.29. The Morgan fingerprint density at radius 2 is 1.62 bits per heavy atom. The van der Waals surface area contributed by atoms with Crippen LogP contribution < -0.4 is 23.8 Å². The maximum Gasteiger partial charge on any atom is 0.301 e. The number of Topliss-reactive ketones (excluding diaryl/α,β-unsaturated/α-hetero) is 1. The summed E-state index contributed by atoms with van der Waals surface area (Å²) in [6.45, 7) is 3.94. The molecule has 1 saturated heterocycles. The van der Waals surface area contributed by atoms with E-state index >= 15 is 0 Å². The molecule has 1 amide bonds. The molecule has 1 aromatic heterocycles. The van der Waals surface area contributed by atoms with E-state index < -0.39 is 17.7 Å². The molecule has 1 atom stereocenters. The van der Waals surface area contributed by atoms with Gasteiger partial charge in [0.15, 0.2) is 16.6 Å². The summed E-state index contributed by atoms with van der Waals surface area (Å²) in [4.78, 5) is 33.5. The number of benzene rings is 3. The first-order valence-corrected chi connectivity index (χ1v) is 13.2. The predicted molar refractivity (Wildman–Crippen MR) is 153 cm³/mol. The highest BCUT2D eigenvalue weighted by molar-refractivity contribution is 7.22. The molecule has 0 bridgehead atoms. The van der Waals surface area contributed by atoms with Gasteiger partial charge < -0.3 is 24.1 Å². The van der Waals surface area contributed by atoms with Gasteiger partial charge >= 0.3 is 5.91 Å². The van der Waals surface area contributed by atoms with Crippen molar-refractivity contribution in [3.63, 3.8) is 0 Å². The van der Waals surface area contributed by atoms with Gasteiger partial charge in [-0.25, -0.2) is 4.98 Å². The van der Waals surface area contributed by atoms with Crippen LogP contribution in [0.5, 0.6) is 23.0 Å². The van der Waals surface area contributed by atoms with Crippen LogP contribution >= 0.6 is 11.3 Å². The first-order chi connectivity index (χ1) is 19.2. The van der Waals surface area contributed by atoms with Crippen molar-refractivity contribution in [1.82, 2.24) is 4.98 Å². The maximum atomic E-state index is 13.7. The SMILES string of the molecule is COc1cccc(C(O)=C2C(=O)C(=O)N(c3nc4c(C)cc(C)cc4s3)C2c2cc(OC)c(OC)c(OC)c2)c1. The third kappa shape index (κ3) is 4.40. The molecule has 0 aliphatic carbocycles. The number of aliphatic hydroxyl groups is 1. The number of amides is 1. The zero-order valence-electron chi connectivity index (χ0n) is 22.9. The van der Waals surface area contributed by atoms with Crippen molar-refractivity contribution < 1.29 is 33.6 Å². The Morgan fingerprint density at radius 3 is 2.25 bits per heavy atom. The van der Waals surface area contributed by atoms with Gasteiger partial charge in [-0.3, -0.25) is 14.5 Å². The molecule has 3 aromatic carbocycles. The number of anilines is 1. The van der Waals surface area contributed by atoms with E-state index in [-0.39, 0.29) is 11.3 Å². The molecule has 2 heterocycles. The summed E-state index contributed by atoms with van der Waals surface area (Å²) in [5.41, 5.74) is 3.44. The number of fused-ring (bicyclic) bond motifs is 1. The largest absolute Gasteiger partial charge is 0.507 e. The molecule has 40 heavy (non-hydrogen) atoms. The van der Waals surface area contributed by atoms with E-state index in [1.807, 2.05) is 26.0 Å². The zero-order chi connectivity index (χ0) is 28.7. The minimum Gasteiger partial charge on any atom is -0.507 e. The van der Waals surface area contributed by atoms with Crippen molar-refractivity contribution in [1.29, 1.82) is 0 Å². The van der Waals surface area contributed by atoms with Crippen LogP contribution in [-0.2, 0) is 9.59 Å². The number of nitrogens with zero attached hydrogens (tertiary/aromatic N) is 2. The number of hydrogen-bond donors (Lipinski definition) is 1. The summed E-state index contributed by atoms with van der Waals surface area (Å²) in [6.07, 6.45) is 0. The minimum atomic E-state index is -1.04. The maximum absolute atomic E-state index is 13.7. The van der Waals surface area contributed by atoms with Gasteiger partial charge in [0.05, 0.1) is 50.3 Å². The zero-order valence-corrected chi connectivity index (χ0v) is 23.7. The van der Waals surface area contributed by atoms with Gasteiger partial charge in [0.2, 0.25) is 5.75 Å². The molecule has 5 rings (SSSR count). The number of rotatable bonds is 7. The highest BCUT2D eigenvalue weighted by Crippen LogP contribution is 2.48. The molecular weight excluding hydrogens is 532 g/mol. The molecule has 1 fully saturated rings. The number of aryl methyl sites for hydroxylation is 2. The van der Waals surface area contributed by atoms with Crippen molar-refractivity contribution in [2.75, 3.05) is 33.3 Å². The van der Waals surface area contributed by atoms with Crippen LogP contribution in [0.25, 0.3) is 16.0 Å². The normalized spacial score (nSPS) is 16.4. The topological polar surface area (TPSA) is 107 Å². The van der Waals surface area contributed by atoms with Crippen LogP contribution in [0.3, 0.4) is 0 Å². The number of aliphatic hydroxyl groups excluding tert-OH is 1. The van der Waals surface area contributed by atoms with Crippen molar-refractivity contribution in [2.45, 2.75) is 19.9 Å². The summed E-state index contributed by atoms with van der Waals surface area (Å²) in [5, 5.41) is 11.8. The third-order valence-electron chi connectivity index (χ3n) is 6.82. The first kappa shape index (κ1) is 27.0. The van der Waals surface area contributed by atoms with Gasteiger partial charge in [-0.1, -0.05) is 29.5 Å². The molecule has 1 aliphatic heterocycles. The van der Waals surface area contributed by atoms with Crippen LogP contribution in [0.4, 0.5) is 5.13 Å². The van der Waals surface area contributed by atoms with E-state index in [2.05, 4.69) is 0 Å². The standard InChI is InChI=1S/C30H28N2O7S/c1-15-10-16(2)24-22(11-15)40-30(31-24)32-25(18-13-20(37-4)28(39-6)21(14-18)38-5)23(27(34)29(32)35)26(33)17-8-7-9-19(12-17)36-3/h7-14,25,33H,1-6H3. The summed E-state index contributed by atoms with van der Waals surface area (Å²) in [6, 6.07) is 12.9. The molecule has 0 saturated carbocycles. The summed E-state index contributed by atoms with van der Waals surface area (Å²) >= 11 is 1.30. The second-order valence-electron chi connectivity index (χ2n) is 9.28. The first-order valence-electron chi connectivity index (χ1n) is 12.4. The number of methoxy groups -OCH3 is 4. The lowest BCUT2D eigenvalue weighted by atomic mass is 9.94. The van der Waals surface area contributed by atoms with Gasteiger partial charge in [0.25, 0.3) is 5.78 Å². The molecule has 4 aromatic rings. The number of carbonyl (C=O) groups is 2. The van der Waals surface area contributed by atoms with Crippen molar-refractivity contribution in [3.05, 3.63) is 76.4 Å². The lowest BCUT2D eigenvalue weighted by Gasteiger charge is -2.24. The van der Waals surface area contributed by atoms with Crippen LogP contribution in [0.2, 0.25) is 0 Å². The minimum absolute atomic E-state index is 0.0975. The van der Waals surface area contributed by atoms with E-state index in [0.717, 1.165) is 21.3 Å². The molecular formula is C30H28N2O7S. The van der Waals surface area contributed by atoms with Crippen molar-refractivity contribution in [3.8, 4) is 23.0 Å². The van der Waals surface area contributed by atoms with E-state index in [0.29, 0.717) is 39.3 Å². The quantitative estimate of drug-likeness (QED) is 0.178. The number of thiazole rings is 1. The molecule has 1 unspecified atom stereocenters. The molecule has 206 valence electrons. The molecule has 1 aliphatic rings. The molecule has 0 radical (unpaired) electrons. The van der Waals surface area contributed by atoms with E-state index in [1.165, 1.54) is 44.7 Å².